The first-order valence-electron chi connectivity index (χ1n) is 7.04. The van der Waals surface area contributed by atoms with Crippen molar-refractivity contribution in [2.75, 3.05) is 13.1 Å². The maximum atomic E-state index is 12.4. The average Bonchev–Trinajstić information content (AvgIpc) is 2.33. The molecule has 98 valence electrons. The third kappa shape index (κ3) is 3.01. The number of carbonyl (C=O) groups excluding carboxylic acids is 1. The summed E-state index contributed by atoms with van der Waals surface area (Å²) in [7, 11) is 0. The van der Waals surface area contributed by atoms with E-state index >= 15 is 0 Å². The maximum absolute atomic E-state index is 12.4. The fourth-order valence-corrected chi connectivity index (χ4v) is 3.10. The molecular weight excluding hydrogens is 214 g/mol. The molecule has 0 aromatic heterocycles. The highest BCUT2D eigenvalue weighted by Crippen LogP contribution is 2.30. The van der Waals surface area contributed by atoms with Gasteiger partial charge in [0.25, 0.3) is 0 Å². The Balaban J connectivity index is 1.87. The second-order valence-electron chi connectivity index (χ2n) is 6.07. The summed E-state index contributed by atoms with van der Waals surface area (Å²) in [5, 5.41) is 9.68. The lowest BCUT2D eigenvalue weighted by atomic mass is 9.82. The Kier molecular flexibility index (Phi) is 4.08. The van der Waals surface area contributed by atoms with Gasteiger partial charge in [0, 0.05) is 19.0 Å². The fraction of sp³-hybridized carbons (Fsp3) is 0.929. The molecule has 2 rings (SSSR count). The summed E-state index contributed by atoms with van der Waals surface area (Å²) < 4.78 is 0. The number of carbonyl (C=O) groups is 1. The van der Waals surface area contributed by atoms with Crippen molar-refractivity contribution in [2.45, 2.75) is 52.1 Å². The Labute approximate surface area is 104 Å². The molecule has 2 unspecified atom stereocenters. The van der Waals surface area contributed by atoms with Gasteiger partial charge in [-0.3, -0.25) is 4.79 Å². The minimum atomic E-state index is -0.217. The zero-order chi connectivity index (χ0) is 12.4. The Hall–Kier alpha value is -0.570. The van der Waals surface area contributed by atoms with Crippen molar-refractivity contribution < 1.29 is 9.90 Å². The van der Waals surface area contributed by atoms with E-state index < -0.39 is 0 Å². The molecule has 1 amide bonds. The molecule has 0 bridgehead atoms. The molecule has 1 aliphatic heterocycles. The molecule has 0 aromatic rings. The highest BCUT2D eigenvalue weighted by molar-refractivity contribution is 5.79. The minimum absolute atomic E-state index is 0.217. The van der Waals surface area contributed by atoms with E-state index in [1.54, 1.807) is 0 Å². The van der Waals surface area contributed by atoms with Gasteiger partial charge in [0.2, 0.25) is 5.91 Å². The standard InChI is InChI=1S/C14H25NO2/c1-10-3-5-12(6-4-10)14(17)15-8-7-13(16)11(2)9-15/h10-13,16H,3-9H2,1-2H3. The number of likely N-dealkylation sites (tertiary alicyclic amines) is 1. The maximum Gasteiger partial charge on any atom is 0.225 e. The normalized spacial score (nSPS) is 39.1. The van der Waals surface area contributed by atoms with Crippen LogP contribution in [0.3, 0.4) is 0 Å². The Morgan fingerprint density at radius 3 is 2.35 bits per heavy atom. The van der Waals surface area contributed by atoms with E-state index in [2.05, 4.69) is 6.92 Å². The monoisotopic (exact) mass is 239 g/mol. The van der Waals surface area contributed by atoms with Crippen LogP contribution in [0.4, 0.5) is 0 Å². The van der Waals surface area contributed by atoms with Crippen molar-refractivity contribution in [3.05, 3.63) is 0 Å². The van der Waals surface area contributed by atoms with Gasteiger partial charge in [-0.05, 0) is 43.9 Å². The van der Waals surface area contributed by atoms with Gasteiger partial charge in [-0.1, -0.05) is 13.8 Å². The predicted octanol–water partition coefficient (Wildman–Crippen LogP) is 2.04. The average molecular weight is 239 g/mol. The number of hydrogen-bond donors (Lipinski definition) is 1. The minimum Gasteiger partial charge on any atom is -0.393 e. The third-order valence-electron chi connectivity index (χ3n) is 4.54. The van der Waals surface area contributed by atoms with Crippen LogP contribution in [0, 0.1) is 17.8 Å². The lowest BCUT2D eigenvalue weighted by molar-refractivity contribution is -0.140. The van der Waals surface area contributed by atoms with Crippen molar-refractivity contribution >= 4 is 5.91 Å². The molecule has 0 aromatic carbocycles. The zero-order valence-electron chi connectivity index (χ0n) is 11.1. The quantitative estimate of drug-likeness (QED) is 0.760. The molecule has 2 aliphatic rings. The highest BCUT2D eigenvalue weighted by atomic mass is 16.3. The van der Waals surface area contributed by atoms with Crippen molar-refractivity contribution in [1.29, 1.82) is 0 Å². The van der Waals surface area contributed by atoms with Gasteiger partial charge in [-0.25, -0.2) is 0 Å². The molecule has 3 nitrogen and oxygen atoms in total. The van der Waals surface area contributed by atoms with Crippen LogP contribution in [0.5, 0.6) is 0 Å². The van der Waals surface area contributed by atoms with Gasteiger partial charge in [-0.15, -0.1) is 0 Å². The van der Waals surface area contributed by atoms with E-state index in [4.69, 9.17) is 0 Å². The lowest BCUT2D eigenvalue weighted by Crippen LogP contribution is -2.47. The molecule has 2 fully saturated rings. The second kappa shape index (κ2) is 5.38. The first-order valence-corrected chi connectivity index (χ1v) is 7.04. The van der Waals surface area contributed by atoms with Gasteiger partial charge < -0.3 is 10.0 Å². The van der Waals surface area contributed by atoms with Crippen LogP contribution in [0.25, 0.3) is 0 Å². The number of aliphatic hydroxyl groups excluding tert-OH is 1. The largest absolute Gasteiger partial charge is 0.393 e. The third-order valence-corrected chi connectivity index (χ3v) is 4.54. The molecule has 1 saturated carbocycles. The van der Waals surface area contributed by atoms with E-state index in [1.165, 1.54) is 12.8 Å². The molecule has 2 atom stereocenters. The smallest absolute Gasteiger partial charge is 0.225 e. The number of hydrogen-bond acceptors (Lipinski definition) is 2. The van der Waals surface area contributed by atoms with Crippen LogP contribution in [0.2, 0.25) is 0 Å². The second-order valence-corrected chi connectivity index (χ2v) is 6.07. The van der Waals surface area contributed by atoms with Gasteiger partial charge in [0.1, 0.15) is 0 Å². The number of piperidine rings is 1. The lowest BCUT2D eigenvalue weighted by Gasteiger charge is -2.37. The SMILES string of the molecule is CC1CCC(C(=O)N2CCC(O)C(C)C2)CC1. The topological polar surface area (TPSA) is 40.5 Å². The number of rotatable bonds is 1. The zero-order valence-corrected chi connectivity index (χ0v) is 11.1. The van der Waals surface area contributed by atoms with Crippen molar-refractivity contribution in [3.8, 4) is 0 Å². The van der Waals surface area contributed by atoms with E-state index in [9.17, 15) is 9.90 Å². The van der Waals surface area contributed by atoms with Crippen LogP contribution < -0.4 is 0 Å². The first kappa shape index (κ1) is 12.9. The van der Waals surface area contributed by atoms with Gasteiger partial charge >= 0.3 is 0 Å². The summed E-state index contributed by atoms with van der Waals surface area (Å²) in [6, 6.07) is 0. The molecule has 1 saturated heterocycles. The number of amides is 1. The fourth-order valence-electron chi connectivity index (χ4n) is 3.10. The predicted molar refractivity (Wildman–Crippen MR) is 67.5 cm³/mol. The Bertz CT molecular complexity index is 271. The summed E-state index contributed by atoms with van der Waals surface area (Å²) in [5.41, 5.74) is 0. The van der Waals surface area contributed by atoms with Crippen molar-refractivity contribution in [1.82, 2.24) is 4.90 Å². The molecular formula is C14H25NO2. The van der Waals surface area contributed by atoms with Crippen molar-refractivity contribution in [3.63, 3.8) is 0 Å². The summed E-state index contributed by atoms with van der Waals surface area (Å²) in [6.45, 7) is 5.80. The van der Waals surface area contributed by atoms with Crippen LogP contribution in [-0.2, 0) is 4.79 Å². The molecule has 1 aliphatic carbocycles. The van der Waals surface area contributed by atoms with Crippen LogP contribution >= 0.6 is 0 Å². The summed E-state index contributed by atoms with van der Waals surface area (Å²) in [6.07, 6.45) is 5.05. The summed E-state index contributed by atoms with van der Waals surface area (Å²) >= 11 is 0. The van der Waals surface area contributed by atoms with E-state index in [-0.39, 0.29) is 17.9 Å². The van der Waals surface area contributed by atoms with Crippen molar-refractivity contribution in [2.24, 2.45) is 17.8 Å². The van der Waals surface area contributed by atoms with Gasteiger partial charge in [0.05, 0.1) is 6.10 Å². The Morgan fingerprint density at radius 1 is 1.12 bits per heavy atom. The molecule has 0 radical (unpaired) electrons. The molecule has 1 heterocycles. The summed E-state index contributed by atoms with van der Waals surface area (Å²) in [4.78, 5) is 14.3. The molecule has 17 heavy (non-hydrogen) atoms. The van der Waals surface area contributed by atoms with E-state index in [1.807, 2.05) is 11.8 Å². The van der Waals surface area contributed by atoms with E-state index in [0.717, 1.165) is 38.3 Å². The Morgan fingerprint density at radius 2 is 1.76 bits per heavy atom. The molecule has 3 heteroatoms. The summed E-state index contributed by atoms with van der Waals surface area (Å²) in [5.74, 6) is 1.63. The molecule has 0 spiro atoms. The van der Waals surface area contributed by atoms with Crippen LogP contribution in [0.15, 0.2) is 0 Å². The van der Waals surface area contributed by atoms with Crippen LogP contribution in [-0.4, -0.2) is 35.1 Å². The van der Waals surface area contributed by atoms with Crippen LogP contribution in [0.1, 0.15) is 46.0 Å². The molecule has 1 N–H and O–H groups in total. The number of aliphatic hydroxyl groups is 1. The van der Waals surface area contributed by atoms with Gasteiger partial charge in [0.15, 0.2) is 0 Å². The number of nitrogens with zero attached hydrogens (tertiary/aromatic N) is 1. The van der Waals surface area contributed by atoms with Gasteiger partial charge in [-0.2, -0.15) is 0 Å². The highest BCUT2D eigenvalue weighted by Gasteiger charge is 2.32. The first-order chi connectivity index (χ1) is 8.08. The van der Waals surface area contributed by atoms with E-state index in [0.29, 0.717) is 5.91 Å².